The standard InChI is InChI=1S/C25H25N3O4/c1-31-21-12-11-18(15-22(21)32-16-23(26)29)24-27-20-10-6-5-9-19(20)25(30)28(24)14-13-17-7-3-2-4-8-17/h2-12,15,24,27H,13-14,16H2,1H3,(H2,26,29)/t24-/m0/s1. The molecule has 164 valence electrons. The van der Waals surface area contributed by atoms with Crippen LogP contribution in [0.2, 0.25) is 0 Å². The number of nitrogens with zero attached hydrogens (tertiary/aromatic N) is 1. The molecule has 1 aliphatic heterocycles. The maximum absolute atomic E-state index is 13.4. The average Bonchev–Trinajstić information content (AvgIpc) is 2.82. The van der Waals surface area contributed by atoms with E-state index in [1.807, 2.05) is 65.6 Å². The highest BCUT2D eigenvalue weighted by atomic mass is 16.5. The van der Waals surface area contributed by atoms with Gasteiger partial charge in [-0.2, -0.15) is 0 Å². The number of ether oxygens (including phenoxy) is 2. The molecule has 0 radical (unpaired) electrons. The van der Waals surface area contributed by atoms with Gasteiger partial charge in [-0.3, -0.25) is 9.59 Å². The van der Waals surface area contributed by atoms with Crippen molar-refractivity contribution in [2.75, 3.05) is 25.6 Å². The molecule has 3 aromatic rings. The molecule has 2 amide bonds. The van der Waals surface area contributed by atoms with E-state index >= 15 is 0 Å². The van der Waals surface area contributed by atoms with Crippen molar-refractivity contribution in [2.24, 2.45) is 5.73 Å². The summed E-state index contributed by atoms with van der Waals surface area (Å²) in [7, 11) is 1.52. The Balaban J connectivity index is 1.68. The number of amides is 2. The van der Waals surface area contributed by atoms with Gasteiger partial charge < -0.3 is 25.4 Å². The van der Waals surface area contributed by atoms with Crippen LogP contribution in [0, 0.1) is 0 Å². The molecule has 0 saturated heterocycles. The Morgan fingerprint density at radius 2 is 1.78 bits per heavy atom. The minimum absolute atomic E-state index is 0.0456. The van der Waals surface area contributed by atoms with Crippen molar-refractivity contribution in [3.8, 4) is 11.5 Å². The fraction of sp³-hybridized carbons (Fsp3) is 0.200. The number of para-hydroxylation sites is 1. The van der Waals surface area contributed by atoms with Crippen LogP contribution in [0.5, 0.6) is 11.5 Å². The molecule has 0 saturated carbocycles. The van der Waals surface area contributed by atoms with Crippen LogP contribution in [0.15, 0.2) is 72.8 Å². The lowest BCUT2D eigenvalue weighted by molar-refractivity contribution is -0.119. The molecule has 3 N–H and O–H groups in total. The number of hydrogen-bond acceptors (Lipinski definition) is 5. The topological polar surface area (TPSA) is 93.9 Å². The number of benzene rings is 3. The maximum atomic E-state index is 13.4. The summed E-state index contributed by atoms with van der Waals surface area (Å²) < 4.78 is 10.9. The van der Waals surface area contributed by atoms with Crippen LogP contribution in [0.4, 0.5) is 5.69 Å². The first-order chi connectivity index (χ1) is 15.6. The number of methoxy groups -OCH3 is 1. The van der Waals surface area contributed by atoms with Gasteiger partial charge in [-0.25, -0.2) is 0 Å². The van der Waals surface area contributed by atoms with Gasteiger partial charge in [-0.15, -0.1) is 0 Å². The second-order valence-corrected chi connectivity index (χ2v) is 7.49. The highest BCUT2D eigenvalue weighted by Gasteiger charge is 2.33. The Kier molecular flexibility index (Phi) is 6.26. The minimum Gasteiger partial charge on any atom is -0.493 e. The monoisotopic (exact) mass is 431 g/mol. The summed E-state index contributed by atoms with van der Waals surface area (Å²) in [6.07, 6.45) is 0.302. The number of anilines is 1. The average molecular weight is 431 g/mol. The van der Waals surface area contributed by atoms with Crippen LogP contribution in [-0.2, 0) is 11.2 Å². The molecular formula is C25H25N3O4. The summed E-state index contributed by atoms with van der Waals surface area (Å²) in [5.41, 5.74) is 8.60. The van der Waals surface area contributed by atoms with E-state index < -0.39 is 12.1 Å². The van der Waals surface area contributed by atoms with Gasteiger partial charge in [0.15, 0.2) is 18.1 Å². The second kappa shape index (κ2) is 9.43. The van der Waals surface area contributed by atoms with E-state index in [0.29, 0.717) is 30.0 Å². The Hall–Kier alpha value is -4.00. The smallest absolute Gasteiger partial charge is 0.257 e. The highest BCUT2D eigenvalue weighted by Crippen LogP contribution is 2.37. The quantitative estimate of drug-likeness (QED) is 0.570. The number of rotatable bonds is 8. The van der Waals surface area contributed by atoms with Crippen molar-refractivity contribution in [2.45, 2.75) is 12.6 Å². The van der Waals surface area contributed by atoms with Gasteiger partial charge >= 0.3 is 0 Å². The van der Waals surface area contributed by atoms with Gasteiger partial charge in [0.05, 0.1) is 12.7 Å². The van der Waals surface area contributed by atoms with E-state index in [2.05, 4.69) is 5.32 Å². The van der Waals surface area contributed by atoms with E-state index in [4.69, 9.17) is 15.2 Å². The van der Waals surface area contributed by atoms with Gasteiger partial charge in [-0.05, 0) is 41.8 Å². The Bertz CT molecular complexity index is 1120. The molecule has 1 atom stereocenters. The molecule has 0 aliphatic carbocycles. The lowest BCUT2D eigenvalue weighted by Crippen LogP contribution is -2.44. The zero-order valence-corrected chi connectivity index (χ0v) is 17.8. The number of hydrogen-bond donors (Lipinski definition) is 2. The van der Waals surface area contributed by atoms with Crippen molar-refractivity contribution in [3.05, 3.63) is 89.5 Å². The van der Waals surface area contributed by atoms with E-state index in [-0.39, 0.29) is 12.5 Å². The fourth-order valence-electron chi connectivity index (χ4n) is 3.81. The lowest BCUT2D eigenvalue weighted by atomic mass is 10.0. The molecule has 0 unspecified atom stereocenters. The van der Waals surface area contributed by atoms with E-state index in [0.717, 1.165) is 16.8 Å². The van der Waals surface area contributed by atoms with Gasteiger partial charge in [0.2, 0.25) is 0 Å². The second-order valence-electron chi connectivity index (χ2n) is 7.49. The van der Waals surface area contributed by atoms with Gasteiger partial charge in [-0.1, -0.05) is 48.5 Å². The van der Waals surface area contributed by atoms with Crippen molar-refractivity contribution in [3.63, 3.8) is 0 Å². The predicted molar refractivity (Wildman–Crippen MR) is 122 cm³/mol. The summed E-state index contributed by atoms with van der Waals surface area (Å²) >= 11 is 0. The van der Waals surface area contributed by atoms with Gasteiger partial charge in [0.1, 0.15) is 6.17 Å². The molecule has 0 fully saturated rings. The Labute approximate surface area is 186 Å². The number of fused-ring (bicyclic) bond motifs is 1. The third kappa shape index (κ3) is 4.51. The molecule has 1 aliphatic rings. The van der Waals surface area contributed by atoms with Crippen LogP contribution in [0.3, 0.4) is 0 Å². The number of nitrogens with one attached hydrogen (secondary N) is 1. The van der Waals surface area contributed by atoms with Crippen LogP contribution in [0.1, 0.15) is 27.7 Å². The van der Waals surface area contributed by atoms with Crippen LogP contribution in [-0.4, -0.2) is 37.0 Å². The molecule has 0 spiro atoms. The minimum atomic E-state index is -0.582. The van der Waals surface area contributed by atoms with Gasteiger partial charge in [0, 0.05) is 12.2 Å². The zero-order chi connectivity index (χ0) is 22.5. The number of carbonyl (C=O) groups is 2. The molecule has 7 heteroatoms. The number of nitrogens with two attached hydrogens (primary N) is 1. The largest absolute Gasteiger partial charge is 0.493 e. The fourth-order valence-corrected chi connectivity index (χ4v) is 3.81. The first-order valence-corrected chi connectivity index (χ1v) is 10.4. The highest BCUT2D eigenvalue weighted by molar-refractivity contribution is 6.01. The number of primary amides is 1. The van der Waals surface area contributed by atoms with Crippen LogP contribution < -0.4 is 20.5 Å². The number of carbonyl (C=O) groups excluding carboxylic acids is 2. The predicted octanol–water partition coefficient (Wildman–Crippen LogP) is 3.37. The van der Waals surface area contributed by atoms with Crippen LogP contribution >= 0.6 is 0 Å². The molecule has 1 heterocycles. The zero-order valence-electron chi connectivity index (χ0n) is 17.8. The third-order valence-electron chi connectivity index (χ3n) is 5.38. The summed E-state index contributed by atoms with van der Waals surface area (Å²) in [6.45, 7) is 0.260. The Morgan fingerprint density at radius 1 is 1.03 bits per heavy atom. The van der Waals surface area contributed by atoms with Crippen molar-refractivity contribution in [1.82, 2.24) is 4.90 Å². The van der Waals surface area contributed by atoms with Crippen molar-refractivity contribution in [1.29, 1.82) is 0 Å². The van der Waals surface area contributed by atoms with Crippen molar-refractivity contribution < 1.29 is 19.1 Å². The normalized spacial score (nSPS) is 15.0. The molecular weight excluding hydrogens is 406 g/mol. The van der Waals surface area contributed by atoms with E-state index in [1.54, 1.807) is 12.1 Å². The molecule has 32 heavy (non-hydrogen) atoms. The van der Waals surface area contributed by atoms with Crippen molar-refractivity contribution >= 4 is 17.5 Å². The maximum Gasteiger partial charge on any atom is 0.257 e. The first-order valence-electron chi connectivity index (χ1n) is 10.4. The van der Waals surface area contributed by atoms with E-state index in [1.165, 1.54) is 7.11 Å². The molecule has 0 aromatic heterocycles. The van der Waals surface area contributed by atoms with Gasteiger partial charge in [0.25, 0.3) is 11.8 Å². The summed E-state index contributed by atoms with van der Waals surface area (Å²) in [5.74, 6) is 0.242. The molecule has 0 bridgehead atoms. The molecule has 4 rings (SSSR count). The lowest BCUT2D eigenvalue weighted by Gasteiger charge is -2.38. The molecule has 7 nitrogen and oxygen atoms in total. The third-order valence-corrected chi connectivity index (χ3v) is 5.38. The van der Waals surface area contributed by atoms with E-state index in [9.17, 15) is 9.59 Å². The Morgan fingerprint density at radius 3 is 2.53 bits per heavy atom. The molecule has 3 aromatic carbocycles. The first kappa shape index (κ1) is 21.2. The summed E-state index contributed by atoms with van der Waals surface area (Å²) in [6, 6.07) is 22.9. The summed E-state index contributed by atoms with van der Waals surface area (Å²) in [5, 5.41) is 3.48. The van der Waals surface area contributed by atoms with Crippen LogP contribution in [0.25, 0.3) is 0 Å². The SMILES string of the molecule is COc1ccc([C@H]2Nc3ccccc3C(=O)N2CCc2ccccc2)cc1OCC(N)=O. The summed E-state index contributed by atoms with van der Waals surface area (Å²) in [4.78, 5) is 26.4.